The summed E-state index contributed by atoms with van der Waals surface area (Å²) >= 11 is 0. The molecule has 1 nitrogen and oxygen atoms in total. The molecule has 1 aromatic carbocycles. The highest BCUT2D eigenvalue weighted by molar-refractivity contribution is 6.00. The van der Waals surface area contributed by atoms with Crippen molar-refractivity contribution in [2.45, 2.75) is 12.8 Å². The van der Waals surface area contributed by atoms with Gasteiger partial charge in [-0.25, -0.2) is 0 Å². The van der Waals surface area contributed by atoms with Gasteiger partial charge in [0.2, 0.25) is 0 Å². The topological polar surface area (TPSA) is 17.1 Å². The maximum Gasteiger partial charge on any atom is 0.162 e. The molecule has 1 aliphatic carbocycles. The molecule has 0 aromatic heterocycles. The van der Waals surface area contributed by atoms with Crippen molar-refractivity contribution >= 4 is 11.9 Å². The van der Waals surface area contributed by atoms with E-state index in [0.29, 0.717) is 6.42 Å². The predicted octanol–water partition coefficient (Wildman–Crippen LogP) is 2.99. The molecule has 1 aliphatic rings. The van der Waals surface area contributed by atoms with E-state index in [0.717, 1.165) is 17.6 Å². The second kappa shape index (κ2) is 4.05. The molecule has 0 bridgehead atoms. The van der Waals surface area contributed by atoms with Gasteiger partial charge in [-0.1, -0.05) is 48.6 Å². The summed E-state index contributed by atoms with van der Waals surface area (Å²) in [5.41, 5.74) is 1.99. The van der Waals surface area contributed by atoms with Crippen molar-refractivity contribution < 1.29 is 4.79 Å². The van der Waals surface area contributed by atoms with E-state index in [9.17, 15) is 4.79 Å². The maximum absolute atomic E-state index is 11.3. The standard InChI is InChI=1S/C13H12O/c14-13-8-4-7-12(13)10-9-11-5-2-1-3-6-11/h1-3,5-7,9-10H,4,8H2/b10-9+. The van der Waals surface area contributed by atoms with Crippen LogP contribution >= 0.6 is 0 Å². The molecule has 14 heavy (non-hydrogen) atoms. The SMILES string of the molecule is O=C1CCC=C1/C=C/c1ccccc1. The maximum atomic E-state index is 11.3. The monoisotopic (exact) mass is 184 g/mol. The Hall–Kier alpha value is -1.63. The van der Waals surface area contributed by atoms with Crippen LogP contribution in [0.5, 0.6) is 0 Å². The molecule has 0 fully saturated rings. The Morgan fingerprint density at radius 2 is 1.86 bits per heavy atom. The smallest absolute Gasteiger partial charge is 0.162 e. The predicted molar refractivity (Wildman–Crippen MR) is 57.8 cm³/mol. The van der Waals surface area contributed by atoms with Crippen LogP contribution in [0.1, 0.15) is 18.4 Å². The van der Waals surface area contributed by atoms with E-state index in [1.165, 1.54) is 0 Å². The minimum Gasteiger partial charge on any atom is -0.294 e. The Labute approximate surface area is 83.8 Å². The molecule has 1 heteroatoms. The van der Waals surface area contributed by atoms with Gasteiger partial charge in [0.05, 0.1) is 0 Å². The number of hydrogen-bond donors (Lipinski definition) is 0. The fourth-order valence-corrected chi connectivity index (χ4v) is 1.53. The first-order chi connectivity index (χ1) is 6.86. The van der Waals surface area contributed by atoms with Gasteiger partial charge in [0, 0.05) is 12.0 Å². The van der Waals surface area contributed by atoms with Gasteiger partial charge in [0.15, 0.2) is 5.78 Å². The fourth-order valence-electron chi connectivity index (χ4n) is 1.53. The fraction of sp³-hybridized carbons (Fsp3) is 0.154. The van der Waals surface area contributed by atoms with E-state index in [1.54, 1.807) is 0 Å². The molecule has 0 unspecified atom stereocenters. The van der Waals surface area contributed by atoms with E-state index in [4.69, 9.17) is 0 Å². The summed E-state index contributed by atoms with van der Waals surface area (Å²) in [6, 6.07) is 10.0. The summed E-state index contributed by atoms with van der Waals surface area (Å²) in [5, 5.41) is 0. The highest BCUT2D eigenvalue weighted by atomic mass is 16.1. The second-order valence-electron chi connectivity index (χ2n) is 3.37. The first-order valence-electron chi connectivity index (χ1n) is 4.83. The van der Waals surface area contributed by atoms with E-state index in [2.05, 4.69) is 0 Å². The minimum absolute atomic E-state index is 0.261. The number of allylic oxidation sites excluding steroid dienone is 3. The quantitative estimate of drug-likeness (QED) is 0.690. The van der Waals surface area contributed by atoms with Crippen molar-refractivity contribution in [3.63, 3.8) is 0 Å². The lowest BCUT2D eigenvalue weighted by molar-refractivity contribution is -0.114. The Morgan fingerprint density at radius 3 is 2.50 bits per heavy atom. The number of hydrogen-bond acceptors (Lipinski definition) is 1. The second-order valence-corrected chi connectivity index (χ2v) is 3.37. The third-order valence-electron chi connectivity index (χ3n) is 2.31. The van der Waals surface area contributed by atoms with Crippen molar-refractivity contribution in [1.29, 1.82) is 0 Å². The summed E-state index contributed by atoms with van der Waals surface area (Å²) in [6.07, 6.45) is 7.46. The van der Waals surface area contributed by atoms with Gasteiger partial charge in [-0.15, -0.1) is 0 Å². The summed E-state index contributed by atoms with van der Waals surface area (Å²) in [7, 11) is 0. The molecule has 70 valence electrons. The van der Waals surface area contributed by atoms with Crippen LogP contribution in [0.25, 0.3) is 6.08 Å². The third-order valence-corrected chi connectivity index (χ3v) is 2.31. The summed E-state index contributed by atoms with van der Waals surface area (Å²) < 4.78 is 0. The highest BCUT2D eigenvalue weighted by Crippen LogP contribution is 2.16. The molecule has 0 radical (unpaired) electrons. The lowest BCUT2D eigenvalue weighted by Gasteiger charge is -1.92. The number of ketones is 1. The number of carbonyl (C=O) groups excluding carboxylic acids is 1. The molecule has 0 saturated carbocycles. The molecule has 0 N–H and O–H groups in total. The minimum atomic E-state index is 0.261. The molecule has 0 heterocycles. The van der Waals surface area contributed by atoms with Gasteiger partial charge in [-0.2, -0.15) is 0 Å². The molecular weight excluding hydrogens is 172 g/mol. The van der Waals surface area contributed by atoms with Crippen LogP contribution in [0.15, 0.2) is 48.1 Å². The van der Waals surface area contributed by atoms with Gasteiger partial charge in [0.25, 0.3) is 0 Å². The Morgan fingerprint density at radius 1 is 1.07 bits per heavy atom. The first-order valence-corrected chi connectivity index (χ1v) is 4.83. The summed E-state index contributed by atoms with van der Waals surface area (Å²) in [4.78, 5) is 11.3. The van der Waals surface area contributed by atoms with Gasteiger partial charge >= 0.3 is 0 Å². The summed E-state index contributed by atoms with van der Waals surface area (Å²) in [6.45, 7) is 0. The molecular formula is C13H12O. The Bertz CT molecular complexity index is 385. The first kappa shape index (κ1) is 8.95. The van der Waals surface area contributed by atoms with E-state index >= 15 is 0 Å². The van der Waals surface area contributed by atoms with Crippen LogP contribution in [0, 0.1) is 0 Å². The molecule has 0 aliphatic heterocycles. The van der Waals surface area contributed by atoms with Crippen molar-refractivity contribution in [3.8, 4) is 0 Å². The van der Waals surface area contributed by atoms with Crippen molar-refractivity contribution in [1.82, 2.24) is 0 Å². The molecule has 0 saturated heterocycles. The third kappa shape index (κ3) is 1.99. The van der Waals surface area contributed by atoms with Crippen LogP contribution in [0.2, 0.25) is 0 Å². The van der Waals surface area contributed by atoms with Crippen molar-refractivity contribution in [2.24, 2.45) is 0 Å². The lowest BCUT2D eigenvalue weighted by atomic mass is 10.1. The number of Topliss-reactive ketones (excluding diaryl/α,β-unsaturated/α-hetero) is 1. The molecule has 1 aromatic rings. The number of benzene rings is 1. The molecule has 0 atom stereocenters. The Balaban J connectivity index is 2.11. The molecule has 0 amide bonds. The normalized spacial score (nSPS) is 16.3. The molecule has 2 rings (SSSR count). The van der Waals surface area contributed by atoms with Crippen molar-refractivity contribution in [3.05, 3.63) is 53.6 Å². The lowest BCUT2D eigenvalue weighted by Crippen LogP contribution is -1.91. The average Bonchev–Trinajstić information content (AvgIpc) is 2.63. The Kier molecular flexibility index (Phi) is 2.59. The summed E-state index contributed by atoms with van der Waals surface area (Å²) in [5.74, 6) is 0.261. The largest absolute Gasteiger partial charge is 0.294 e. The van der Waals surface area contributed by atoms with E-state index < -0.39 is 0 Å². The molecule has 0 spiro atoms. The number of rotatable bonds is 2. The van der Waals surface area contributed by atoms with Crippen LogP contribution < -0.4 is 0 Å². The zero-order valence-corrected chi connectivity index (χ0v) is 7.94. The van der Waals surface area contributed by atoms with Crippen molar-refractivity contribution in [2.75, 3.05) is 0 Å². The van der Waals surface area contributed by atoms with Crippen LogP contribution in [-0.2, 0) is 4.79 Å². The van der Waals surface area contributed by atoms with Crippen LogP contribution in [0.4, 0.5) is 0 Å². The van der Waals surface area contributed by atoms with Crippen LogP contribution in [-0.4, -0.2) is 5.78 Å². The van der Waals surface area contributed by atoms with Gasteiger partial charge in [0.1, 0.15) is 0 Å². The average molecular weight is 184 g/mol. The zero-order valence-electron chi connectivity index (χ0n) is 7.94. The van der Waals surface area contributed by atoms with Gasteiger partial charge < -0.3 is 0 Å². The van der Waals surface area contributed by atoms with E-state index in [-0.39, 0.29) is 5.78 Å². The van der Waals surface area contributed by atoms with Gasteiger partial charge in [-0.3, -0.25) is 4.79 Å². The zero-order chi connectivity index (χ0) is 9.80. The van der Waals surface area contributed by atoms with Crippen LogP contribution in [0.3, 0.4) is 0 Å². The van der Waals surface area contributed by atoms with E-state index in [1.807, 2.05) is 48.6 Å². The number of carbonyl (C=O) groups is 1. The highest BCUT2D eigenvalue weighted by Gasteiger charge is 2.11. The van der Waals surface area contributed by atoms with Gasteiger partial charge in [-0.05, 0) is 12.0 Å².